The second kappa shape index (κ2) is 5.32. The molecule has 1 aliphatic carbocycles. The van der Waals surface area contributed by atoms with E-state index in [0.29, 0.717) is 12.2 Å². The van der Waals surface area contributed by atoms with Crippen LogP contribution in [0.1, 0.15) is 50.8 Å². The fourth-order valence-corrected chi connectivity index (χ4v) is 2.30. The summed E-state index contributed by atoms with van der Waals surface area (Å²) in [6.07, 6.45) is 0.353. The van der Waals surface area contributed by atoms with Gasteiger partial charge in [0.2, 0.25) is 0 Å². The van der Waals surface area contributed by atoms with Crippen LogP contribution in [0, 0.1) is 12.8 Å². The molecule has 21 heavy (non-hydrogen) atoms. The van der Waals surface area contributed by atoms with Gasteiger partial charge in [0, 0.05) is 0 Å². The predicted molar refractivity (Wildman–Crippen MR) is 70.6 cm³/mol. The number of H-pyrrole nitrogens is 1. The van der Waals surface area contributed by atoms with Gasteiger partial charge in [-0.25, -0.2) is 4.98 Å². The van der Waals surface area contributed by atoms with Crippen LogP contribution in [0.15, 0.2) is 0 Å². The number of aliphatic hydroxyl groups is 1. The fourth-order valence-electron chi connectivity index (χ4n) is 2.30. The second-order valence-electron chi connectivity index (χ2n) is 5.93. The van der Waals surface area contributed by atoms with Crippen LogP contribution >= 0.6 is 0 Å². The van der Waals surface area contributed by atoms with E-state index in [4.69, 9.17) is 0 Å². The number of alkyl halides is 2. The summed E-state index contributed by atoms with van der Waals surface area (Å²) in [4.78, 5) is 16.0. The lowest BCUT2D eigenvalue weighted by Crippen LogP contribution is -2.61. The van der Waals surface area contributed by atoms with Crippen molar-refractivity contribution in [1.29, 1.82) is 0 Å². The highest BCUT2D eigenvalue weighted by Gasteiger charge is 2.61. The molecule has 1 aromatic rings. The first-order valence-corrected chi connectivity index (χ1v) is 6.97. The largest absolute Gasteiger partial charge is 0.383 e. The molecule has 118 valence electrons. The maximum absolute atomic E-state index is 14.1. The lowest BCUT2D eigenvalue weighted by atomic mass is 9.75. The van der Waals surface area contributed by atoms with Gasteiger partial charge in [0.1, 0.15) is 11.4 Å². The van der Waals surface area contributed by atoms with Crippen molar-refractivity contribution >= 4 is 5.91 Å². The minimum Gasteiger partial charge on any atom is -0.383 e. The van der Waals surface area contributed by atoms with Gasteiger partial charge < -0.3 is 10.4 Å². The van der Waals surface area contributed by atoms with Gasteiger partial charge in [0.15, 0.2) is 5.82 Å². The zero-order chi connectivity index (χ0) is 15.8. The fraction of sp³-hybridized carbons (Fsp3) is 0.769. The summed E-state index contributed by atoms with van der Waals surface area (Å²) in [5.41, 5.74) is -2.23. The van der Waals surface area contributed by atoms with Crippen LogP contribution in [0.2, 0.25) is 0 Å². The van der Waals surface area contributed by atoms with Crippen LogP contribution in [0.25, 0.3) is 0 Å². The van der Waals surface area contributed by atoms with Crippen LogP contribution in [0.5, 0.6) is 0 Å². The average molecular weight is 302 g/mol. The van der Waals surface area contributed by atoms with Gasteiger partial charge in [-0.05, 0) is 32.1 Å². The normalized spacial score (nSPS) is 19.2. The lowest BCUT2D eigenvalue weighted by molar-refractivity contribution is -0.216. The summed E-state index contributed by atoms with van der Waals surface area (Å²) in [5, 5.41) is 18.6. The first-order valence-electron chi connectivity index (χ1n) is 6.97. The topological polar surface area (TPSA) is 90.9 Å². The Labute approximate surface area is 121 Å². The smallest absolute Gasteiger partial charge is 0.352 e. The third-order valence-electron chi connectivity index (χ3n) is 3.90. The molecule has 6 nitrogen and oxygen atoms in total. The minimum atomic E-state index is -3.82. The van der Waals surface area contributed by atoms with Crippen LogP contribution in [-0.4, -0.2) is 37.7 Å². The molecule has 0 spiro atoms. The molecule has 0 bridgehead atoms. The number of aryl methyl sites for hydroxylation is 1. The molecule has 2 rings (SSSR count). The van der Waals surface area contributed by atoms with Crippen LogP contribution in [-0.2, 0) is 4.79 Å². The molecule has 1 saturated carbocycles. The maximum Gasteiger partial charge on any atom is 0.352 e. The SMILES string of the molecule is Cc1nc(C(NC(=O)C(F)(F)C2(O)CCC2)C(C)C)n[nH]1. The quantitative estimate of drug-likeness (QED) is 0.768. The van der Waals surface area contributed by atoms with Gasteiger partial charge >= 0.3 is 5.92 Å². The number of hydrogen-bond donors (Lipinski definition) is 3. The van der Waals surface area contributed by atoms with Crippen molar-refractivity contribution in [3.05, 3.63) is 11.6 Å². The highest BCUT2D eigenvalue weighted by molar-refractivity contribution is 5.85. The van der Waals surface area contributed by atoms with Crippen molar-refractivity contribution in [2.24, 2.45) is 5.92 Å². The molecule has 1 aliphatic rings. The third-order valence-corrected chi connectivity index (χ3v) is 3.90. The standard InChI is InChI=1S/C13H20F2N4O2/c1-7(2)9(10-16-8(3)18-19-10)17-11(20)13(14,15)12(21)5-4-6-12/h7,9,21H,4-6H2,1-3H3,(H,17,20)(H,16,18,19). The van der Waals surface area contributed by atoms with E-state index >= 15 is 0 Å². The Balaban J connectivity index is 2.15. The van der Waals surface area contributed by atoms with Gasteiger partial charge in [-0.15, -0.1) is 0 Å². The van der Waals surface area contributed by atoms with E-state index in [1.165, 1.54) is 0 Å². The van der Waals surface area contributed by atoms with Crippen LogP contribution in [0.4, 0.5) is 8.78 Å². The molecule has 0 aliphatic heterocycles. The summed E-state index contributed by atoms with van der Waals surface area (Å²) < 4.78 is 28.2. The molecule has 1 unspecified atom stereocenters. The second-order valence-corrected chi connectivity index (χ2v) is 5.93. The van der Waals surface area contributed by atoms with Crippen molar-refractivity contribution in [2.75, 3.05) is 0 Å². The highest BCUT2D eigenvalue weighted by atomic mass is 19.3. The molecule has 1 aromatic heterocycles. The van der Waals surface area contributed by atoms with Crippen LogP contribution < -0.4 is 5.32 Å². The van der Waals surface area contributed by atoms with Crippen molar-refractivity contribution < 1.29 is 18.7 Å². The van der Waals surface area contributed by atoms with E-state index < -0.39 is 23.5 Å². The Hall–Kier alpha value is -1.57. The average Bonchev–Trinajstić information content (AvgIpc) is 2.78. The molecular weight excluding hydrogens is 282 g/mol. The van der Waals surface area contributed by atoms with E-state index in [9.17, 15) is 18.7 Å². The third kappa shape index (κ3) is 2.76. The molecule has 3 N–H and O–H groups in total. The zero-order valence-corrected chi connectivity index (χ0v) is 12.3. The number of halogens is 2. The number of hydrogen-bond acceptors (Lipinski definition) is 4. The van der Waals surface area contributed by atoms with Crippen molar-refractivity contribution in [1.82, 2.24) is 20.5 Å². The molecule has 0 saturated heterocycles. The Morgan fingerprint density at radius 1 is 1.48 bits per heavy atom. The molecule has 0 radical (unpaired) electrons. The molecule has 8 heteroatoms. The number of aromatic nitrogens is 3. The van der Waals surface area contributed by atoms with Crippen molar-refractivity contribution in [2.45, 2.75) is 57.6 Å². The van der Waals surface area contributed by atoms with Crippen molar-refractivity contribution in [3.8, 4) is 0 Å². The van der Waals surface area contributed by atoms with E-state index in [1.807, 2.05) is 0 Å². The number of carbonyl (C=O) groups is 1. The van der Waals surface area contributed by atoms with E-state index in [0.717, 1.165) is 0 Å². The predicted octanol–water partition coefficient (Wildman–Crippen LogP) is 1.48. The monoisotopic (exact) mass is 302 g/mol. The van der Waals surface area contributed by atoms with E-state index in [-0.39, 0.29) is 24.6 Å². The molecule has 0 aromatic carbocycles. The van der Waals surface area contributed by atoms with E-state index in [1.54, 1.807) is 20.8 Å². The summed E-state index contributed by atoms with van der Waals surface area (Å²) in [7, 11) is 0. The number of carbonyl (C=O) groups excluding carboxylic acids is 1. The maximum atomic E-state index is 14.1. The summed E-state index contributed by atoms with van der Waals surface area (Å²) in [5.74, 6) is -4.67. The summed E-state index contributed by atoms with van der Waals surface area (Å²) in [6.45, 7) is 5.22. The van der Waals surface area contributed by atoms with Gasteiger partial charge in [-0.2, -0.15) is 13.9 Å². The molecular formula is C13H20F2N4O2. The van der Waals surface area contributed by atoms with Gasteiger partial charge in [0.05, 0.1) is 6.04 Å². The highest BCUT2D eigenvalue weighted by Crippen LogP contribution is 2.44. The number of amides is 1. The first kappa shape index (κ1) is 15.8. The summed E-state index contributed by atoms with van der Waals surface area (Å²) in [6, 6.07) is -0.739. The van der Waals surface area contributed by atoms with Crippen molar-refractivity contribution in [3.63, 3.8) is 0 Å². The summed E-state index contributed by atoms with van der Waals surface area (Å²) >= 11 is 0. The molecule has 1 heterocycles. The minimum absolute atomic E-state index is 0.0699. The van der Waals surface area contributed by atoms with Gasteiger partial charge in [-0.3, -0.25) is 9.89 Å². The Kier molecular flexibility index (Phi) is 4.01. The Morgan fingerprint density at radius 3 is 2.48 bits per heavy atom. The van der Waals surface area contributed by atoms with Gasteiger partial charge in [0.25, 0.3) is 5.91 Å². The Bertz CT molecular complexity index is 526. The zero-order valence-electron chi connectivity index (χ0n) is 12.3. The van der Waals surface area contributed by atoms with E-state index in [2.05, 4.69) is 20.5 Å². The number of aromatic amines is 1. The van der Waals surface area contributed by atoms with Crippen LogP contribution in [0.3, 0.4) is 0 Å². The number of nitrogens with one attached hydrogen (secondary N) is 2. The molecule has 1 amide bonds. The number of rotatable bonds is 5. The van der Waals surface area contributed by atoms with Gasteiger partial charge in [-0.1, -0.05) is 13.8 Å². The Morgan fingerprint density at radius 2 is 2.10 bits per heavy atom. The first-order chi connectivity index (χ1) is 9.67. The number of nitrogens with zero attached hydrogens (tertiary/aromatic N) is 2. The lowest BCUT2D eigenvalue weighted by Gasteiger charge is -2.41. The molecule has 1 fully saturated rings. The molecule has 1 atom stereocenters.